The predicted molar refractivity (Wildman–Crippen MR) is 148 cm³/mol. The molecule has 41 heavy (non-hydrogen) atoms. The summed E-state index contributed by atoms with van der Waals surface area (Å²) in [5.74, 6) is -2.90. The molecule has 0 aliphatic carbocycles. The van der Waals surface area contributed by atoms with Crippen molar-refractivity contribution in [1.29, 1.82) is 5.53 Å². The first kappa shape index (κ1) is 30.9. The number of carbonyl (C=O) groups excluding carboxylic acids is 3. The minimum absolute atomic E-state index is 0.0301. The molecule has 0 saturated heterocycles. The molecule has 1 aliphatic rings. The van der Waals surface area contributed by atoms with Crippen LogP contribution in [0.1, 0.15) is 37.8 Å². The molecule has 12 heteroatoms. The van der Waals surface area contributed by atoms with Crippen molar-refractivity contribution in [3.63, 3.8) is 0 Å². The number of carboxylic acids is 1. The van der Waals surface area contributed by atoms with Gasteiger partial charge in [-0.2, -0.15) is 5.11 Å². The first-order chi connectivity index (χ1) is 19.6. The Balaban J connectivity index is 1.76. The maximum Gasteiger partial charge on any atom is 0.407 e. The van der Waals surface area contributed by atoms with Gasteiger partial charge in [0.2, 0.25) is 5.60 Å². The van der Waals surface area contributed by atoms with Crippen LogP contribution in [0.15, 0.2) is 70.9 Å². The van der Waals surface area contributed by atoms with Crippen LogP contribution in [0.5, 0.6) is 0 Å². The van der Waals surface area contributed by atoms with Crippen LogP contribution in [0.25, 0.3) is 0 Å². The lowest BCUT2D eigenvalue weighted by Crippen LogP contribution is -2.55. The zero-order valence-electron chi connectivity index (χ0n) is 23.0. The number of ketones is 1. The number of hydrogen-bond acceptors (Lipinski definition) is 9. The average Bonchev–Trinajstić information content (AvgIpc) is 3.37. The molecule has 1 aliphatic heterocycles. The van der Waals surface area contributed by atoms with E-state index in [1.165, 1.54) is 0 Å². The molecule has 0 aromatic heterocycles. The van der Waals surface area contributed by atoms with Crippen LogP contribution >= 0.6 is 0 Å². The summed E-state index contributed by atoms with van der Waals surface area (Å²) in [4.78, 5) is 55.9. The first-order valence-electron chi connectivity index (χ1n) is 13.3. The molecular weight excluding hydrogens is 530 g/mol. The van der Waals surface area contributed by atoms with Crippen LogP contribution in [0.4, 0.5) is 4.79 Å². The zero-order valence-corrected chi connectivity index (χ0v) is 23.0. The number of carboxylic acid groups (broad SMARTS) is 1. The smallest absolute Gasteiger partial charge is 0.407 e. The van der Waals surface area contributed by atoms with Gasteiger partial charge in [0.15, 0.2) is 5.78 Å². The predicted octanol–water partition coefficient (Wildman–Crippen LogP) is 3.30. The number of alkyl carbamates (subject to hydrolysis) is 1. The Hall–Kier alpha value is -4.61. The Kier molecular flexibility index (Phi) is 11.1. The fourth-order valence-corrected chi connectivity index (χ4v) is 4.50. The van der Waals surface area contributed by atoms with Gasteiger partial charge >= 0.3 is 12.1 Å². The molecule has 1 heterocycles. The second-order valence-electron chi connectivity index (χ2n) is 10.2. The number of nitrogens with one attached hydrogen (secondary N) is 3. The molecule has 2 unspecified atom stereocenters. The van der Waals surface area contributed by atoms with E-state index in [-0.39, 0.29) is 25.4 Å². The SMILES string of the molecule is CC(C)C(NC(=O)OCCc1ccccc1)C1=NOC(Cc2ccccc2)(C(=O)N[C@@H](CC(=O)O)C(=O)CN=N)C1. The lowest BCUT2D eigenvalue weighted by Gasteiger charge is -2.28. The van der Waals surface area contributed by atoms with Gasteiger partial charge in [-0.1, -0.05) is 79.7 Å². The summed E-state index contributed by atoms with van der Waals surface area (Å²) in [7, 11) is 0. The normalized spacial score (nSPS) is 17.5. The van der Waals surface area contributed by atoms with Gasteiger partial charge in [-0.25, -0.2) is 10.3 Å². The maximum atomic E-state index is 13.7. The van der Waals surface area contributed by atoms with Gasteiger partial charge < -0.3 is 25.3 Å². The van der Waals surface area contributed by atoms with E-state index in [1.54, 1.807) is 24.3 Å². The number of benzene rings is 2. The summed E-state index contributed by atoms with van der Waals surface area (Å²) in [6.07, 6.45) is -0.735. The largest absolute Gasteiger partial charge is 0.481 e. The second-order valence-corrected chi connectivity index (χ2v) is 10.2. The van der Waals surface area contributed by atoms with Crippen molar-refractivity contribution in [3.05, 3.63) is 71.8 Å². The summed E-state index contributed by atoms with van der Waals surface area (Å²) in [6, 6.07) is 16.6. The van der Waals surface area contributed by atoms with Gasteiger partial charge in [-0.3, -0.25) is 14.4 Å². The highest BCUT2D eigenvalue weighted by atomic mass is 16.7. The van der Waals surface area contributed by atoms with Gasteiger partial charge in [0, 0.05) is 19.3 Å². The molecule has 0 radical (unpaired) electrons. The van der Waals surface area contributed by atoms with E-state index in [9.17, 15) is 24.3 Å². The number of hydrogen-bond donors (Lipinski definition) is 4. The number of oxime groups is 1. The number of ether oxygens (including phenoxy) is 1. The molecule has 3 rings (SSSR count). The van der Waals surface area contributed by atoms with E-state index in [4.69, 9.17) is 15.1 Å². The fourth-order valence-electron chi connectivity index (χ4n) is 4.50. The van der Waals surface area contributed by atoms with Gasteiger partial charge in [-0.15, -0.1) is 0 Å². The van der Waals surface area contributed by atoms with Crippen LogP contribution < -0.4 is 10.6 Å². The highest BCUT2D eigenvalue weighted by molar-refractivity contribution is 6.01. The van der Waals surface area contributed by atoms with Gasteiger partial charge in [0.25, 0.3) is 5.91 Å². The Morgan fingerprint density at radius 2 is 1.68 bits per heavy atom. The van der Waals surface area contributed by atoms with Crippen molar-refractivity contribution in [2.75, 3.05) is 13.2 Å². The quantitative estimate of drug-likeness (QED) is 0.239. The van der Waals surface area contributed by atoms with Gasteiger partial charge in [0.1, 0.15) is 12.6 Å². The highest BCUT2D eigenvalue weighted by Gasteiger charge is 2.49. The maximum absolute atomic E-state index is 13.7. The number of rotatable bonds is 15. The topological polar surface area (TPSA) is 180 Å². The van der Waals surface area contributed by atoms with Gasteiger partial charge in [0.05, 0.1) is 24.8 Å². The molecule has 218 valence electrons. The minimum atomic E-state index is -1.61. The van der Waals surface area contributed by atoms with Crippen LogP contribution in [0.3, 0.4) is 0 Å². The Morgan fingerprint density at radius 1 is 1.05 bits per heavy atom. The summed E-state index contributed by atoms with van der Waals surface area (Å²) in [5, 5.41) is 21.8. The molecule has 0 spiro atoms. The molecule has 0 saturated carbocycles. The lowest BCUT2D eigenvalue weighted by atomic mass is 9.84. The number of aliphatic carboxylic acids is 1. The van der Waals surface area contributed by atoms with Crippen molar-refractivity contribution < 1.29 is 33.9 Å². The molecule has 12 nitrogen and oxygen atoms in total. The van der Waals surface area contributed by atoms with E-state index in [0.717, 1.165) is 11.1 Å². The number of carbonyl (C=O) groups is 4. The van der Waals surface area contributed by atoms with E-state index < -0.39 is 54.4 Å². The third-order valence-electron chi connectivity index (χ3n) is 6.62. The molecule has 0 fully saturated rings. The molecule has 3 atom stereocenters. The summed E-state index contributed by atoms with van der Waals surface area (Å²) in [6.45, 7) is 3.35. The van der Waals surface area contributed by atoms with Gasteiger partial charge in [-0.05, 0) is 17.0 Å². The Bertz CT molecular complexity index is 1250. The molecule has 4 N–H and O–H groups in total. The monoisotopic (exact) mass is 565 g/mol. The van der Waals surface area contributed by atoms with Crippen LogP contribution in [0.2, 0.25) is 0 Å². The third kappa shape index (κ3) is 8.95. The highest BCUT2D eigenvalue weighted by Crippen LogP contribution is 2.31. The van der Waals surface area contributed by atoms with Crippen molar-refractivity contribution in [2.24, 2.45) is 16.2 Å². The Labute approximate surface area is 238 Å². The van der Waals surface area contributed by atoms with E-state index in [0.29, 0.717) is 12.1 Å². The van der Waals surface area contributed by atoms with E-state index in [1.807, 2.05) is 50.2 Å². The molecular formula is C29H35N5O7. The fraction of sp³-hybridized carbons (Fsp3) is 0.414. The summed E-state index contributed by atoms with van der Waals surface area (Å²) >= 11 is 0. The number of amides is 2. The van der Waals surface area contributed by atoms with Crippen LogP contribution in [-0.2, 0) is 36.8 Å². The lowest BCUT2D eigenvalue weighted by molar-refractivity contribution is -0.147. The van der Waals surface area contributed by atoms with Crippen molar-refractivity contribution in [1.82, 2.24) is 10.6 Å². The average molecular weight is 566 g/mol. The molecule has 2 amide bonds. The van der Waals surface area contributed by atoms with Crippen LogP contribution in [-0.4, -0.2) is 65.4 Å². The van der Waals surface area contributed by atoms with E-state index in [2.05, 4.69) is 20.9 Å². The van der Waals surface area contributed by atoms with Crippen LogP contribution in [0, 0.1) is 11.4 Å². The van der Waals surface area contributed by atoms with E-state index >= 15 is 0 Å². The van der Waals surface area contributed by atoms with Crippen molar-refractivity contribution in [2.45, 2.75) is 57.2 Å². The summed E-state index contributed by atoms with van der Waals surface area (Å²) in [5.41, 5.74) is 7.52. The van der Waals surface area contributed by atoms with Crippen molar-refractivity contribution in [3.8, 4) is 0 Å². The third-order valence-corrected chi connectivity index (χ3v) is 6.62. The first-order valence-corrected chi connectivity index (χ1v) is 13.3. The Morgan fingerprint density at radius 3 is 2.27 bits per heavy atom. The zero-order chi connectivity index (χ0) is 29.8. The second kappa shape index (κ2) is 14.7. The summed E-state index contributed by atoms with van der Waals surface area (Å²) < 4.78 is 5.38. The molecule has 2 aromatic rings. The number of nitrogens with zero attached hydrogens (tertiary/aromatic N) is 2. The molecule has 0 bridgehead atoms. The molecule has 2 aromatic carbocycles. The van der Waals surface area contributed by atoms with Crippen molar-refractivity contribution >= 4 is 29.5 Å². The minimum Gasteiger partial charge on any atom is -0.481 e. The standard InChI is InChI=1S/C29H35N5O7/c1-19(2)26(33-28(39)40-14-13-20-9-5-3-6-10-20)23-17-29(41-34-23,16-21-11-7-4-8-12-21)27(38)32-22(15-25(36)37)24(35)18-31-30/h3-12,19,22,26,30H,13-18H2,1-2H3,(H,32,38)(H,33,39)(H,36,37)/t22-,26?,29?/m0/s1. The number of Topliss-reactive ketones (excluding diaryl/α,β-unsaturated/α-hetero) is 1.